The predicted molar refractivity (Wildman–Crippen MR) is 71.8 cm³/mol. The van der Waals surface area contributed by atoms with Gasteiger partial charge < -0.3 is 4.74 Å². The molecule has 6 heteroatoms. The first-order valence-electron chi connectivity index (χ1n) is 7.22. The van der Waals surface area contributed by atoms with Gasteiger partial charge >= 0.3 is 6.03 Å². The van der Waals surface area contributed by atoms with Crippen molar-refractivity contribution in [2.24, 2.45) is 5.41 Å². The number of ether oxygens (including phenoxy) is 1. The van der Waals surface area contributed by atoms with Crippen molar-refractivity contribution in [1.29, 1.82) is 0 Å². The van der Waals surface area contributed by atoms with Crippen molar-refractivity contribution >= 4 is 17.8 Å². The zero-order valence-electron chi connectivity index (χ0n) is 12.3. The van der Waals surface area contributed by atoms with E-state index in [9.17, 15) is 14.4 Å². The van der Waals surface area contributed by atoms with Crippen molar-refractivity contribution in [2.75, 3.05) is 7.11 Å². The lowest BCUT2D eigenvalue weighted by atomic mass is 9.78. The van der Waals surface area contributed by atoms with E-state index in [1.54, 1.807) is 7.11 Å². The summed E-state index contributed by atoms with van der Waals surface area (Å²) in [4.78, 5) is 38.1. The van der Waals surface area contributed by atoms with Crippen molar-refractivity contribution in [3.8, 4) is 0 Å². The van der Waals surface area contributed by atoms with Gasteiger partial charge in [0.2, 0.25) is 11.8 Å². The first-order chi connectivity index (χ1) is 9.50. The number of nitrogens with zero attached hydrogens (tertiary/aromatic N) is 1. The molecule has 0 aromatic rings. The van der Waals surface area contributed by atoms with E-state index in [0.29, 0.717) is 19.3 Å². The fourth-order valence-electron chi connectivity index (χ4n) is 3.27. The van der Waals surface area contributed by atoms with Crippen LogP contribution in [0.2, 0.25) is 0 Å². The van der Waals surface area contributed by atoms with Crippen LogP contribution in [0.25, 0.3) is 0 Å². The molecule has 112 valence electrons. The molecule has 1 aliphatic heterocycles. The van der Waals surface area contributed by atoms with Crippen molar-refractivity contribution in [2.45, 2.75) is 58.1 Å². The summed E-state index contributed by atoms with van der Waals surface area (Å²) in [7, 11) is 1.64. The van der Waals surface area contributed by atoms with Crippen molar-refractivity contribution in [1.82, 2.24) is 10.2 Å². The lowest BCUT2D eigenvalue weighted by molar-refractivity contribution is -0.153. The average Bonchev–Trinajstić information content (AvgIpc) is 2.88. The summed E-state index contributed by atoms with van der Waals surface area (Å²) < 4.78 is 5.29. The third-order valence-electron chi connectivity index (χ3n) is 4.76. The Hall–Kier alpha value is -1.43. The third-order valence-corrected chi connectivity index (χ3v) is 4.76. The number of amides is 4. The minimum absolute atomic E-state index is 0.0795. The van der Waals surface area contributed by atoms with Gasteiger partial charge in [0.1, 0.15) is 5.41 Å². The maximum Gasteiger partial charge on any atom is 0.331 e. The number of methoxy groups -OCH3 is 1. The van der Waals surface area contributed by atoms with Crippen LogP contribution < -0.4 is 5.32 Å². The standard InChI is InChI=1S/C14H22N2O4/c1-4-14(5-2)11(17)15-13(19)16(12(14)18)9-6-7-10(8-9)20-3/h9-10H,4-8H2,1-3H3,(H,15,17,19). The van der Waals surface area contributed by atoms with Gasteiger partial charge in [-0.2, -0.15) is 0 Å². The van der Waals surface area contributed by atoms with Gasteiger partial charge in [0.15, 0.2) is 0 Å². The topological polar surface area (TPSA) is 75.7 Å². The first kappa shape index (κ1) is 15.0. The molecule has 1 heterocycles. The molecule has 1 aliphatic carbocycles. The minimum atomic E-state index is -1.10. The molecule has 1 saturated heterocycles. The van der Waals surface area contributed by atoms with Crippen molar-refractivity contribution in [3.05, 3.63) is 0 Å². The van der Waals surface area contributed by atoms with Gasteiger partial charge in [-0.15, -0.1) is 0 Å². The quantitative estimate of drug-likeness (QED) is 0.792. The SMILES string of the molecule is CCC1(CC)C(=O)NC(=O)N(C2CCC(OC)C2)C1=O. The van der Waals surface area contributed by atoms with Crippen LogP contribution in [0.5, 0.6) is 0 Å². The molecule has 1 saturated carbocycles. The lowest BCUT2D eigenvalue weighted by Crippen LogP contribution is -2.65. The van der Waals surface area contributed by atoms with E-state index in [1.807, 2.05) is 13.8 Å². The number of imide groups is 2. The maximum atomic E-state index is 12.7. The summed E-state index contributed by atoms with van der Waals surface area (Å²) in [5.74, 6) is -0.812. The van der Waals surface area contributed by atoms with E-state index in [2.05, 4.69) is 5.32 Å². The highest BCUT2D eigenvalue weighted by atomic mass is 16.5. The number of urea groups is 1. The number of carbonyl (C=O) groups is 3. The molecular formula is C14H22N2O4. The van der Waals surface area contributed by atoms with Gasteiger partial charge in [0, 0.05) is 13.2 Å². The van der Waals surface area contributed by atoms with Crippen LogP contribution in [-0.4, -0.2) is 42.0 Å². The number of hydrogen-bond acceptors (Lipinski definition) is 4. The molecule has 2 unspecified atom stereocenters. The van der Waals surface area contributed by atoms with Crippen LogP contribution in [-0.2, 0) is 14.3 Å². The lowest BCUT2D eigenvalue weighted by Gasteiger charge is -2.40. The molecule has 6 nitrogen and oxygen atoms in total. The van der Waals surface area contributed by atoms with Gasteiger partial charge in [0.25, 0.3) is 0 Å². The molecule has 0 radical (unpaired) electrons. The van der Waals surface area contributed by atoms with Crippen LogP contribution >= 0.6 is 0 Å². The molecule has 2 atom stereocenters. The summed E-state index contributed by atoms with van der Waals surface area (Å²) >= 11 is 0. The van der Waals surface area contributed by atoms with Crippen LogP contribution in [0.3, 0.4) is 0 Å². The molecule has 0 spiro atoms. The van der Waals surface area contributed by atoms with Crippen molar-refractivity contribution in [3.63, 3.8) is 0 Å². The second kappa shape index (κ2) is 5.52. The van der Waals surface area contributed by atoms with Crippen LogP contribution in [0.1, 0.15) is 46.0 Å². The molecular weight excluding hydrogens is 260 g/mol. The van der Waals surface area contributed by atoms with Crippen molar-refractivity contribution < 1.29 is 19.1 Å². The van der Waals surface area contributed by atoms with Crippen LogP contribution in [0, 0.1) is 5.41 Å². The summed E-state index contributed by atoms with van der Waals surface area (Å²) in [6.45, 7) is 3.61. The van der Waals surface area contributed by atoms with Gasteiger partial charge in [-0.1, -0.05) is 13.8 Å². The molecule has 20 heavy (non-hydrogen) atoms. The van der Waals surface area contributed by atoms with E-state index >= 15 is 0 Å². The largest absolute Gasteiger partial charge is 0.381 e. The third kappa shape index (κ3) is 2.12. The molecule has 2 aliphatic rings. The molecule has 2 fully saturated rings. The summed E-state index contributed by atoms with van der Waals surface area (Å²) in [6, 6.07) is -0.752. The fourth-order valence-corrected chi connectivity index (χ4v) is 3.27. The maximum absolute atomic E-state index is 12.7. The highest BCUT2D eigenvalue weighted by Crippen LogP contribution is 2.36. The van der Waals surface area contributed by atoms with E-state index in [4.69, 9.17) is 4.74 Å². The normalized spacial score (nSPS) is 29.8. The predicted octanol–water partition coefficient (Wildman–Crippen LogP) is 1.44. The van der Waals surface area contributed by atoms with Gasteiger partial charge in [-0.3, -0.25) is 19.8 Å². The smallest absolute Gasteiger partial charge is 0.331 e. The fraction of sp³-hybridized carbons (Fsp3) is 0.786. The monoisotopic (exact) mass is 282 g/mol. The Bertz CT molecular complexity index is 431. The molecule has 0 aromatic carbocycles. The number of barbiturate groups is 1. The van der Waals surface area contributed by atoms with E-state index in [0.717, 1.165) is 12.8 Å². The number of rotatable bonds is 4. The number of hydrogen-bond donors (Lipinski definition) is 1. The number of nitrogens with one attached hydrogen (secondary N) is 1. The molecule has 2 rings (SSSR count). The van der Waals surface area contributed by atoms with Gasteiger partial charge in [-0.05, 0) is 32.1 Å². The molecule has 0 aromatic heterocycles. The van der Waals surface area contributed by atoms with E-state index in [1.165, 1.54) is 4.90 Å². The summed E-state index contributed by atoms with van der Waals surface area (Å²) in [6.07, 6.45) is 3.09. The Balaban J connectivity index is 2.26. The average molecular weight is 282 g/mol. The van der Waals surface area contributed by atoms with E-state index in [-0.39, 0.29) is 18.1 Å². The zero-order valence-corrected chi connectivity index (χ0v) is 12.3. The van der Waals surface area contributed by atoms with Crippen LogP contribution in [0.4, 0.5) is 4.79 Å². The molecule has 1 N–H and O–H groups in total. The summed E-state index contributed by atoms with van der Waals surface area (Å²) in [5, 5.41) is 2.35. The molecule has 0 bridgehead atoms. The number of carbonyl (C=O) groups excluding carboxylic acids is 3. The Kier molecular flexibility index (Phi) is 4.13. The highest BCUT2D eigenvalue weighted by molar-refractivity contribution is 6.19. The Morgan fingerprint density at radius 3 is 2.40 bits per heavy atom. The minimum Gasteiger partial charge on any atom is -0.381 e. The first-order valence-corrected chi connectivity index (χ1v) is 7.22. The highest BCUT2D eigenvalue weighted by Gasteiger charge is 2.53. The summed E-state index contributed by atoms with van der Waals surface area (Å²) in [5.41, 5.74) is -1.10. The second-order valence-electron chi connectivity index (χ2n) is 5.55. The Labute approximate surface area is 118 Å². The Morgan fingerprint density at radius 1 is 1.25 bits per heavy atom. The van der Waals surface area contributed by atoms with Crippen LogP contribution in [0.15, 0.2) is 0 Å². The van der Waals surface area contributed by atoms with E-state index < -0.39 is 17.4 Å². The Morgan fingerprint density at radius 2 is 1.90 bits per heavy atom. The second-order valence-corrected chi connectivity index (χ2v) is 5.55. The van der Waals surface area contributed by atoms with Gasteiger partial charge in [0.05, 0.1) is 6.10 Å². The molecule has 4 amide bonds. The zero-order chi connectivity index (χ0) is 14.9. The van der Waals surface area contributed by atoms with Gasteiger partial charge in [-0.25, -0.2) is 4.79 Å².